The van der Waals surface area contributed by atoms with E-state index in [2.05, 4.69) is 54.1 Å². The number of benzene rings is 3. The topological polar surface area (TPSA) is 79.4 Å². The molecule has 3 saturated heterocycles. The van der Waals surface area contributed by atoms with Gasteiger partial charge in [-0.1, -0.05) is 60.7 Å². The predicted molar refractivity (Wildman–Crippen MR) is 212 cm³/mol. The number of piperazine rings is 1. The van der Waals surface area contributed by atoms with Crippen LogP contribution in [0.1, 0.15) is 66.4 Å². The number of nitrogens with zero attached hydrogens (tertiary/aromatic N) is 5. The molecule has 0 spiro atoms. The number of likely N-dealkylation sites (tertiary alicyclic amines) is 1. The summed E-state index contributed by atoms with van der Waals surface area (Å²) >= 11 is 1.48. The van der Waals surface area contributed by atoms with Gasteiger partial charge in [0.2, 0.25) is 11.8 Å². The molecule has 9 nitrogen and oxygen atoms in total. The van der Waals surface area contributed by atoms with Crippen molar-refractivity contribution in [1.82, 2.24) is 19.6 Å². The molecule has 11 heteroatoms. The maximum absolute atomic E-state index is 15.9. The Morgan fingerprint density at radius 2 is 1.60 bits per heavy atom. The number of thioether (sulfide) groups is 1. The summed E-state index contributed by atoms with van der Waals surface area (Å²) in [4.78, 5) is 51.4. The fourth-order valence-electron chi connectivity index (χ4n) is 8.20. The van der Waals surface area contributed by atoms with Crippen molar-refractivity contribution < 1.29 is 23.1 Å². The monoisotopic (exact) mass is 732 g/mol. The lowest BCUT2D eigenvalue weighted by molar-refractivity contribution is -0.136. The first-order chi connectivity index (χ1) is 25.1. The van der Waals surface area contributed by atoms with Crippen molar-refractivity contribution in [2.75, 3.05) is 62.6 Å². The molecule has 7 rings (SSSR count). The van der Waals surface area contributed by atoms with E-state index in [-0.39, 0.29) is 45.9 Å². The van der Waals surface area contributed by atoms with Crippen LogP contribution in [0.15, 0.2) is 72.8 Å². The molecule has 0 bridgehead atoms. The molecule has 0 saturated carbocycles. The molecule has 52 heavy (non-hydrogen) atoms. The van der Waals surface area contributed by atoms with E-state index in [1.807, 2.05) is 57.2 Å². The van der Waals surface area contributed by atoms with Crippen molar-refractivity contribution >= 4 is 41.0 Å². The summed E-state index contributed by atoms with van der Waals surface area (Å²) in [6, 6.07) is 23.2. The van der Waals surface area contributed by atoms with Gasteiger partial charge >= 0.3 is 6.03 Å². The lowest BCUT2D eigenvalue weighted by atomic mass is 10.0. The second-order valence-corrected chi connectivity index (χ2v) is 16.7. The van der Waals surface area contributed by atoms with Crippen molar-refractivity contribution in [3.8, 4) is 0 Å². The van der Waals surface area contributed by atoms with E-state index in [4.69, 9.17) is 0 Å². The minimum atomic E-state index is -0.560. The lowest BCUT2D eigenvalue weighted by Crippen LogP contribution is -2.53. The molecule has 4 heterocycles. The highest BCUT2D eigenvalue weighted by Gasteiger charge is 2.44. The Kier molecular flexibility index (Phi) is 10.8. The molecule has 4 aliphatic heterocycles. The van der Waals surface area contributed by atoms with Gasteiger partial charge in [-0.25, -0.2) is 9.18 Å². The molecule has 3 aromatic carbocycles. The third kappa shape index (κ3) is 7.81. The van der Waals surface area contributed by atoms with Gasteiger partial charge in [-0.3, -0.25) is 14.5 Å². The number of para-hydroxylation sites is 2. The molecular weight excluding hydrogens is 676 g/mol. The summed E-state index contributed by atoms with van der Waals surface area (Å²) < 4.78 is 15.9. The van der Waals surface area contributed by atoms with E-state index >= 15 is 4.39 Å². The summed E-state index contributed by atoms with van der Waals surface area (Å²) in [6.45, 7) is 11.9. The number of carbonyl (C=O) groups excluding carboxylic acids is 3. The number of fused-ring (bicyclic) bond motifs is 1. The van der Waals surface area contributed by atoms with Crippen LogP contribution in [0.3, 0.4) is 0 Å². The molecule has 0 aromatic heterocycles. The summed E-state index contributed by atoms with van der Waals surface area (Å²) in [5.74, 6) is -0.386. The van der Waals surface area contributed by atoms with Crippen LogP contribution in [-0.4, -0.2) is 107 Å². The average molecular weight is 733 g/mol. The van der Waals surface area contributed by atoms with Gasteiger partial charge in [-0.2, -0.15) is 0 Å². The van der Waals surface area contributed by atoms with Gasteiger partial charge in [0.15, 0.2) is 0 Å². The van der Waals surface area contributed by atoms with Crippen LogP contribution in [-0.2, 0) is 22.4 Å². The van der Waals surface area contributed by atoms with Crippen LogP contribution in [0.2, 0.25) is 0 Å². The van der Waals surface area contributed by atoms with Crippen molar-refractivity contribution in [1.29, 1.82) is 0 Å². The minimum Gasteiger partial charge on any atom is -0.366 e. The van der Waals surface area contributed by atoms with Gasteiger partial charge in [0.25, 0.3) is 0 Å². The summed E-state index contributed by atoms with van der Waals surface area (Å²) in [5.41, 5.74) is 4.53. The number of nitrogens with one attached hydrogen (secondary N) is 1. The number of halogens is 1. The molecule has 4 aliphatic rings. The van der Waals surface area contributed by atoms with Crippen LogP contribution in [0.5, 0.6) is 0 Å². The summed E-state index contributed by atoms with van der Waals surface area (Å²) in [7, 11) is 0. The van der Waals surface area contributed by atoms with E-state index in [1.165, 1.54) is 17.8 Å². The Morgan fingerprint density at radius 3 is 2.33 bits per heavy atom. The number of carbonyl (C=O) groups is 3. The lowest BCUT2D eigenvalue weighted by Gasteiger charge is -2.43. The average Bonchev–Trinajstić information content (AvgIpc) is 3.34. The Balaban J connectivity index is 0.00000224. The maximum Gasteiger partial charge on any atom is 0.322 e. The first-order valence-electron chi connectivity index (χ1n) is 18.8. The van der Waals surface area contributed by atoms with Crippen LogP contribution in [0.4, 0.5) is 20.6 Å². The largest absolute Gasteiger partial charge is 0.366 e. The standard InChI is InChI=1S/C41H51FN6O3S.3H2/c1-41(2,3)46-26-24-45(25-27-46)37-32(13-9-14-33(37)42)39-48(22-16-29-10-5-4-6-11-29)38(50)35(52-39)28-36(49)44-20-18-31(19-21-44)47-23-17-30-12-7-8-15-34(30)43-40(47)51;;;/h4-15,31,35,39H,16-28H2,1-3H3,(H,43,51);3*1H/t35-,39-;;;/m0.../s1. The quantitative estimate of drug-likeness (QED) is 0.266. The fourth-order valence-corrected chi connectivity index (χ4v) is 9.70. The summed E-state index contributed by atoms with van der Waals surface area (Å²) in [6.07, 6.45) is 2.95. The molecule has 3 aromatic rings. The minimum absolute atomic E-state index is 0. The number of hydrogen-bond acceptors (Lipinski definition) is 6. The molecule has 3 fully saturated rings. The van der Waals surface area contributed by atoms with Gasteiger partial charge in [-0.05, 0) is 69.7 Å². The van der Waals surface area contributed by atoms with E-state index in [0.717, 1.165) is 41.9 Å². The van der Waals surface area contributed by atoms with Crippen molar-refractivity contribution in [2.45, 2.75) is 75.1 Å². The van der Waals surface area contributed by atoms with Crippen LogP contribution in [0.25, 0.3) is 0 Å². The number of amides is 4. The third-order valence-electron chi connectivity index (χ3n) is 11.2. The highest BCUT2D eigenvalue weighted by Crippen LogP contribution is 2.48. The zero-order valence-electron chi connectivity index (χ0n) is 30.6. The molecular formula is C41H57FN6O3S. The molecule has 4 amide bonds. The summed E-state index contributed by atoms with van der Waals surface area (Å²) in [5, 5.41) is 2.10. The molecule has 2 atom stereocenters. The normalized spacial score (nSPS) is 22.0. The van der Waals surface area contributed by atoms with E-state index < -0.39 is 10.6 Å². The van der Waals surface area contributed by atoms with Gasteiger partial charge < -0.3 is 24.9 Å². The van der Waals surface area contributed by atoms with Gasteiger partial charge in [0.05, 0.1) is 10.9 Å². The van der Waals surface area contributed by atoms with Crippen LogP contribution in [0, 0.1) is 5.82 Å². The Bertz CT molecular complexity index is 1770. The molecule has 0 unspecified atom stereocenters. The highest BCUT2D eigenvalue weighted by atomic mass is 32.2. The number of piperidine rings is 1. The van der Waals surface area contributed by atoms with Gasteiger partial charge in [0, 0.05) is 85.9 Å². The number of anilines is 2. The maximum atomic E-state index is 15.9. The van der Waals surface area contributed by atoms with Gasteiger partial charge in [0.1, 0.15) is 11.2 Å². The zero-order chi connectivity index (χ0) is 36.4. The van der Waals surface area contributed by atoms with Crippen molar-refractivity contribution in [3.05, 3.63) is 95.3 Å². The van der Waals surface area contributed by atoms with Crippen molar-refractivity contribution in [3.63, 3.8) is 0 Å². The fraction of sp³-hybridized carbons (Fsp3) is 0.488. The zero-order valence-corrected chi connectivity index (χ0v) is 31.4. The second kappa shape index (κ2) is 15.5. The second-order valence-electron chi connectivity index (χ2n) is 15.4. The van der Waals surface area contributed by atoms with Gasteiger partial charge in [-0.15, -0.1) is 11.8 Å². The smallest absolute Gasteiger partial charge is 0.322 e. The number of hydrogen-bond donors (Lipinski definition) is 1. The SMILES string of the molecule is CC(C)(C)N1CCN(c2c(F)cccc2[C@@H]2S[C@@H](CC(=O)N3CCC(N4CCc5ccccc5NC4=O)CC3)C(=O)N2CCc2ccccc2)CC1.[HH].[HH].[HH]. The Labute approximate surface area is 315 Å². The highest BCUT2D eigenvalue weighted by molar-refractivity contribution is 8.01. The van der Waals surface area contributed by atoms with E-state index in [9.17, 15) is 14.4 Å². The number of urea groups is 1. The molecule has 282 valence electrons. The molecule has 1 N–H and O–H groups in total. The first-order valence-corrected chi connectivity index (χ1v) is 19.7. The molecule has 0 radical (unpaired) electrons. The third-order valence-corrected chi connectivity index (χ3v) is 12.7. The number of rotatable bonds is 8. The Hall–Kier alpha value is -4.09. The first kappa shape index (κ1) is 36.3. The predicted octanol–water partition coefficient (Wildman–Crippen LogP) is 7.14. The van der Waals surface area contributed by atoms with Crippen molar-refractivity contribution in [2.24, 2.45) is 0 Å². The van der Waals surface area contributed by atoms with Crippen LogP contribution < -0.4 is 10.2 Å². The van der Waals surface area contributed by atoms with E-state index in [1.54, 1.807) is 6.07 Å². The Morgan fingerprint density at radius 1 is 0.885 bits per heavy atom. The molecule has 0 aliphatic carbocycles. The van der Waals surface area contributed by atoms with E-state index in [0.29, 0.717) is 64.2 Å². The van der Waals surface area contributed by atoms with Crippen LogP contribution >= 0.6 is 11.8 Å².